The van der Waals surface area contributed by atoms with Crippen molar-refractivity contribution in [1.82, 2.24) is 0 Å². The van der Waals surface area contributed by atoms with Crippen LogP contribution in [0, 0.1) is 16.6 Å². The van der Waals surface area contributed by atoms with E-state index in [4.69, 9.17) is 9.29 Å². The third kappa shape index (κ3) is 6.80. The second kappa shape index (κ2) is 10.2. The largest absolute Gasteiger partial charge is 0.459 e. The summed E-state index contributed by atoms with van der Waals surface area (Å²) in [7, 11) is -5.66. The third-order valence-electron chi connectivity index (χ3n) is 4.25. The topological polar surface area (TPSA) is 107 Å². The minimum absolute atomic E-state index is 0.245. The molecule has 1 N–H and O–H groups in total. The van der Waals surface area contributed by atoms with Gasteiger partial charge in [0, 0.05) is 10.7 Å². The van der Waals surface area contributed by atoms with Crippen molar-refractivity contribution in [1.29, 1.82) is 0 Å². The van der Waals surface area contributed by atoms with Gasteiger partial charge in [-0.15, -0.1) is 0 Å². The highest BCUT2D eigenvalue weighted by Crippen LogP contribution is 2.30. The summed E-state index contributed by atoms with van der Waals surface area (Å²) in [6, 6.07) is 3.66. The van der Waals surface area contributed by atoms with Crippen molar-refractivity contribution >= 4 is 89.8 Å². The maximum Gasteiger partial charge on any atom is 0.402 e. The number of halogens is 5. The molecule has 1 aromatic rings. The minimum atomic E-state index is -5.66. The molecular formula is C16H15F2I3O7S. The molecule has 0 heterocycles. The molecule has 0 atom stereocenters. The first-order valence-corrected chi connectivity index (χ1v) is 12.9. The SMILES string of the molecule is O=C(OC1CCC(C(=O)OCC(F)(F)S(=O)(=O)O)CC1)c1cc(I)cc(I)c1I. The Morgan fingerprint density at radius 2 is 1.72 bits per heavy atom. The van der Waals surface area contributed by atoms with Crippen LogP contribution in [0.3, 0.4) is 0 Å². The Morgan fingerprint density at radius 3 is 2.28 bits per heavy atom. The molecule has 1 aliphatic carbocycles. The number of esters is 2. The Hall–Kier alpha value is 0.120. The standard InChI is InChI=1S/C16H15F2I3O7S/c17-16(18,29(24,25)26)7-27-14(22)8-1-3-10(4-2-8)28-15(23)11-5-9(19)6-12(20)13(11)21/h5-6,8,10H,1-4,7H2,(H,24,25,26). The highest BCUT2D eigenvalue weighted by molar-refractivity contribution is 14.1. The predicted molar refractivity (Wildman–Crippen MR) is 123 cm³/mol. The van der Waals surface area contributed by atoms with Crippen molar-refractivity contribution < 1.29 is 40.8 Å². The number of hydrogen-bond donors (Lipinski definition) is 1. The van der Waals surface area contributed by atoms with Crippen molar-refractivity contribution in [3.05, 3.63) is 28.4 Å². The van der Waals surface area contributed by atoms with Crippen LogP contribution in [0.2, 0.25) is 0 Å². The molecule has 13 heteroatoms. The Morgan fingerprint density at radius 1 is 1.14 bits per heavy atom. The van der Waals surface area contributed by atoms with Gasteiger partial charge in [-0.05, 0) is 106 Å². The molecule has 0 saturated heterocycles. The molecule has 1 fully saturated rings. The molecule has 0 spiro atoms. The van der Waals surface area contributed by atoms with Crippen LogP contribution in [0.4, 0.5) is 8.78 Å². The molecule has 0 unspecified atom stereocenters. The lowest BCUT2D eigenvalue weighted by atomic mass is 9.87. The van der Waals surface area contributed by atoms with Gasteiger partial charge in [0.1, 0.15) is 6.10 Å². The van der Waals surface area contributed by atoms with Gasteiger partial charge in [-0.25, -0.2) is 4.79 Å². The quantitative estimate of drug-likeness (QED) is 0.200. The highest BCUT2D eigenvalue weighted by atomic mass is 127. The number of carbonyl (C=O) groups is 2. The molecule has 1 saturated carbocycles. The second-order valence-corrected chi connectivity index (χ2v) is 11.4. The average molecular weight is 770 g/mol. The number of benzene rings is 1. The zero-order valence-electron chi connectivity index (χ0n) is 14.5. The fourth-order valence-corrected chi connectivity index (χ4v) is 5.27. The van der Waals surface area contributed by atoms with Crippen molar-refractivity contribution in [2.45, 2.75) is 37.0 Å². The lowest BCUT2D eigenvalue weighted by Gasteiger charge is -2.27. The van der Waals surface area contributed by atoms with Crippen LogP contribution in [0.5, 0.6) is 0 Å². The summed E-state index contributed by atoms with van der Waals surface area (Å²) in [6.07, 6.45) is 0.761. The number of hydrogen-bond acceptors (Lipinski definition) is 6. The van der Waals surface area contributed by atoms with Gasteiger partial charge in [0.25, 0.3) is 0 Å². The minimum Gasteiger partial charge on any atom is -0.459 e. The first-order valence-electron chi connectivity index (χ1n) is 8.19. The van der Waals surface area contributed by atoms with Gasteiger partial charge in [-0.1, -0.05) is 0 Å². The van der Waals surface area contributed by atoms with Crippen LogP contribution in [0.25, 0.3) is 0 Å². The maximum atomic E-state index is 13.1. The molecule has 162 valence electrons. The normalized spacial score (nSPS) is 20.2. The summed E-state index contributed by atoms with van der Waals surface area (Å²) in [5, 5.41) is -4.56. The molecule has 0 aliphatic heterocycles. The van der Waals surface area contributed by atoms with E-state index in [-0.39, 0.29) is 12.8 Å². The van der Waals surface area contributed by atoms with Crippen molar-refractivity contribution in [2.24, 2.45) is 5.92 Å². The molecule has 2 rings (SSSR count). The van der Waals surface area contributed by atoms with Crippen LogP contribution < -0.4 is 0 Å². The summed E-state index contributed by atoms with van der Waals surface area (Å²) in [4.78, 5) is 24.4. The number of ether oxygens (including phenoxy) is 2. The maximum absolute atomic E-state index is 13.1. The van der Waals surface area contributed by atoms with Gasteiger partial charge in [-0.3, -0.25) is 9.35 Å². The zero-order valence-corrected chi connectivity index (χ0v) is 21.8. The average Bonchev–Trinajstić information content (AvgIpc) is 2.62. The van der Waals surface area contributed by atoms with E-state index >= 15 is 0 Å². The van der Waals surface area contributed by atoms with Crippen LogP contribution >= 0.6 is 67.8 Å². The van der Waals surface area contributed by atoms with Crippen molar-refractivity contribution in [3.8, 4) is 0 Å². The van der Waals surface area contributed by atoms with E-state index in [1.165, 1.54) is 0 Å². The number of rotatable bonds is 6. The van der Waals surface area contributed by atoms with Gasteiger partial charge in [0.15, 0.2) is 6.61 Å². The molecule has 1 aromatic carbocycles. The van der Waals surface area contributed by atoms with E-state index in [1.807, 2.05) is 6.07 Å². The van der Waals surface area contributed by atoms with E-state index in [2.05, 4.69) is 72.5 Å². The highest BCUT2D eigenvalue weighted by Gasteiger charge is 2.46. The summed E-state index contributed by atoms with van der Waals surface area (Å²) < 4.78 is 68.3. The molecule has 0 amide bonds. The first kappa shape index (κ1) is 25.4. The van der Waals surface area contributed by atoms with E-state index in [0.717, 1.165) is 10.7 Å². The fourth-order valence-electron chi connectivity index (χ4n) is 2.68. The second-order valence-electron chi connectivity index (χ2n) is 6.35. The molecule has 29 heavy (non-hydrogen) atoms. The first-order chi connectivity index (χ1) is 13.3. The Bertz CT molecular complexity index is 900. The molecule has 1 aliphatic rings. The van der Waals surface area contributed by atoms with Crippen molar-refractivity contribution in [2.75, 3.05) is 6.61 Å². The molecule has 7 nitrogen and oxygen atoms in total. The van der Waals surface area contributed by atoms with Gasteiger partial charge < -0.3 is 9.47 Å². The van der Waals surface area contributed by atoms with Crippen molar-refractivity contribution in [3.63, 3.8) is 0 Å². The van der Waals surface area contributed by atoms with E-state index in [9.17, 15) is 26.8 Å². The predicted octanol–water partition coefficient (Wildman–Crippen LogP) is 4.24. The van der Waals surface area contributed by atoms with Gasteiger partial charge in [0.05, 0.1) is 11.5 Å². The van der Waals surface area contributed by atoms with E-state index < -0.39 is 45.9 Å². The summed E-state index contributed by atoms with van der Waals surface area (Å²) in [5.74, 6) is -2.15. The zero-order chi connectivity index (χ0) is 22.0. The number of alkyl halides is 2. The Balaban J connectivity index is 1.88. The van der Waals surface area contributed by atoms with Gasteiger partial charge in [0.2, 0.25) is 0 Å². The van der Waals surface area contributed by atoms with Gasteiger partial charge in [-0.2, -0.15) is 17.2 Å². The van der Waals surface area contributed by atoms with Gasteiger partial charge >= 0.3 is 27.3 Å². The van der Waals surface area contributed by atoms with Crippen LogP contribution in [0.1, 0.15) is 36.0 Å². The van der Waals surface area contributed by atoms with Crippen LogP contribution in [-0.4, -0.2) is 42.9 Å². The Kier molecular flexibility index (Phi) is 8.89. The van der Waals surface area contributed by atoms with Crippen LogP contribution in [-0.2, 0) is 24.4 Å². The van der Waals surface area contributed by atoms with Crippen LogP contribution in [0.15, 0.2) is 12.1 Å². The van der Waals surface area contributed by atoms with E-state index in [1.54, 1.807) is 6.07 Å². The lowest BCUT2D eigenvalue weighted by Crippen LogP contribution is -2.36. The summed E-state index contributed by atoms with van der Waals surface area (Å²) in [5.41, 5.74) is 0.455. The molecule has 0 aromatic heterocycles. The Labute approximate surface area is 206 Å². The molecule has 0 bridgehead atoms. The number of carbonyl (C=O) groups excluding carboxylic acids is 2. The summed E-state index contributed by atoms with van der Waals surface area (Å²) in [6.45, 7) is -1.75. The third-order valence-corrected chi connectivity index (χ3v) is 8.79. The molecular weight excluding hydrogens is 755 g/mol. The lowest BCUT2D eigenvalue weighted by molar-refractivity contribution is -0.156. The fraction of sp³-hybridized carbons (Fsp3) is 0.500. The summed E-state index contributed by atoms with van der Waals surface area (Å²) >= 11 is 6.30. The smallest absolute Gasteiger partial charge is 0.402 e. The van der Waals surface area contributed by atoms with E-state index in [0.29, 0.717) is 18.4 Å². The monoisotopic (exact) mass is 770 g/mol. The molecule has 0 radical (unpaired) electrons.